The van der Waals surface area contributed by atoms with E-state index in [0.717, 1.165) is 39.2 Å². The van der Waals surface area contributed by atoms with Gasteiger partial charge in [-0.05, 0) is 76.0 Å². The fourth-order valence-corrected chi connectivity index (χ4v) is 6.62. The van der Waals surface area contributed by atoms with Gasteiger partial charge in [-0.1, -0.05) is 54.6 Å². The molecule has 8 nitrogen and oxygen atoms in total. The second-order valence-electron chi connectivity index (χ2n) is 10.5. The summed E-state index contributed by atoms with van der Waals surface area (Å²) >= 11 is 0. The van der Waals surface area contributed by atoms with Crippen LogP contribution in [0.5, 0.6) is 11.5 Å². The van der Waals surface area contributed by atoms with Gasteiger partial charge in [0, 0.05) is 35.2 Å². The summed E-state index contributed by atoms with van der Waals surface area (Å²) in [5.41, 5.74) is 7.17. The summed E-state index contributed by atoms with van der Waals surface area (Å²) in [6.45, 7) is 0. The maximum absolute atomic E-state index is 12.0. The molecule has 0 amide bonds. The third kappa shape index (κ3) is 3.43. The van der Waals surface area contributed by atoms with Gasteiger partial charge < -0.3 is 4.74 Å². The average molecular weight is 561 g/mol. The topological polar surface area (TPSA) is 108 Å². The van der Waals surface area contributed by atoms with E-state index in [-0.39, 0.29) is 10.6 Å². The van der Waals surface area contributed by atoms with Crippen molar-refractivity contribution in [3.8, 4) is 45.1 Å². The quantitative estimate of drug-likeness (QED) is 0.121. The van der Waals surface area contributed by atoms with Gasteiger partial charge in [0.05, 0.1) is 27.3 Å². The number of hydrogen-bond donors (Lipinski definition) is 0. The molecule has 43 heavy (non-hydrogen) atoms. The van der Waals surface area contributed by atoms with Gasteiger partial charge in [0.15, 0.2) is 0 Å². The normalized spacial score (nSPS) is 13.3. The lowest BCUT2D eigenvalue weighted by Crippen LogP contribution is -2.32. The monoisotopic (exact) mass is 560 g/mol. The number of rotatable bonds is 4. The number of pyridine rings is 2. The summed E-state index contributed by atoms with van der Waals surface area (Å²) in [4.78, 5) is 32.9. The Balaban J connectivity index is 1.48. The fourth-order valence-electron chi connectivity index (χ4n) is 6.62. The Morgan fingerprint density at radius 3 is 1.81 bits per heavy atom. The summed E-state index contributed by atoms with van der Waals surface area (Å²) < 4.78 is 6.55. The fraction of sp³-hybridized carbons (Fsp3) is 0.0286. The predicted octanol–water partition coefficient (Wildman–Crippen LogP) is 8.59. The molecule has 2 aliphatic rings. The first-order valence-electron chi connectivity index (χ1n) is 13.7. The Morgan fingerprint density at radius 1 is 0.651 bits per heavy atom. The average Bonchev–Trinajstić information content (AvgIpc) is 3.35. The van der Waals surface area contributed by atoms with Crippen molar-refractivity contribution in [2.75, 3.05) is 0 Å². The highest BCUT2D eigenvalue weighted by atomic mass is 16.6. The van der Waals surface area contributed by atoms with Crippen molar-refractivity contribution >= 4 is 11.4 Å². The highest BCUT2D eigenvalue weighted by Crippen LogP contribution is 2.62. The zero-order chi connectivity index (χ0) is 29.1. The van der Waals surface area contributed by atoms with Crippen LogP contribution in [0, 0.1) is 15.0 Å². The Bertz CT molecular complexity index is 2100. The number of benzene rings is 4. The molecule has 8 heteroatoms. The highest BCUT2D eigenvalue weighted by molar-refractivity contribution is 5.88. The molecule has 6 aromatic rings. The van der Waals surface area contributed by atoms with Crippen LogP contribution < -0.4 is 4.74 Å². The van der Waals surface area contributed by atoms with Crippen molar-refractivity contribution < 1.29 is 9.66 Å². The van der Waals surface area contributed by atoms with E-state index in [4.69, 9.17) is 14.7 Å². The van der Waals surface area contributed by atoms with E-state index in [1.54, 1.807) is 42.7 Å². The maximum Gasteiger partial charge on any atom is 0.277 e. The molecule has 3 heterocycles. The van der Waals surface area contributed by atoms with Gasteiger partial charge in [-0.2, -0.15) is 0 Å². The lowest BCUT2D eigenvalue weighted by atomic mass is 9.65. The zero-order valence-electron chi connectivity index (χ0n) is 22.5. The molecular weight excluding hydrogens is 540 g/mol. The van der Waals surface area contributed by atoms with Crippen molar-refractivity contribution in [3.63, 3.8) is 0 Å². The number of fused-ring (bicyclic) bond motifs is 9. The number of ether oxygens (including phenoxy) is 1. The molecule has 0 saturated heterocycles. The van der Waals surface area contributed by atoms with Crippen molar-refractivity contribution in [1.29, 1.82) is 0 Å². The van der Waals surface area contributed by atoms with E-state index < -0.39 is 5.41 Å². The van der Waals surface area contributed by atoms with E-state index in [9.17, 15) is 15.0 Å². The van der Waals surface area contributed by atoms with Crippen LogP contribution >= 0.6 is 0 Å². The number of nitrogens with zero attached hydrogens (tertiary/aromatic N) is 4. The first-order valence-corrected chi connectivity index (χ1v) is 13.7. The van der Waals surface area contributed by atoms with Crippen LogP contribution in [0.25, 0.3) is 33.6 Å². The van der Waals surface area contributed by atoms with E-state index in [0.29, 0.717) is 33.9 Å². The van der Waals surface area contributed by atoms with Crippen LogP contribution in [-0.2, 0) is 5.41 Å². The van der Waals surface area contributed by atoms with Gasteiger partial charge in [-0.25, -0.2) is 0 Å². The van der Waals surface area contributed by atoms with Gasteiger partial charge in [0.25, 0.3) is 5.69 Å². The van der Waals surface area contributed by atoms with Crippen LogP contribution in [0.1, 0.15) is 22.3 Å². The first-order chi connectivity index (χ1) is 21.1. The third-order valence-electron chi connectivity index (χ3n) is 8.36. The maximum atomic E-state index is 12.0. The Hall–Kier alpha value is -6.02. The lowest BCUT2D eigenvalue weighted by molar-refractivity contribution is -0.384. The van der Waals surface area contributed by atoms with E-state index in [1.807, 2.05) is 72.8 Å². The molecule has 0 bridgehead atoms. The summed E-state index contributed by atoms with van der Waals surface area (Å²) in [5, 5.41) is 15.3. The van der Waals surface area contributed by atoms with Crippen LogP contribution in [0.2, 0.25) is 0 Å². The van der Waals surface area contributed by atoms with Crippen LogP contribution in [0.4, 0.5) is 11.4 Å². The number of para-hydroxylation sites is 1. The van der Waals surface area contributed by atoms with Crippen LogP contribution in [0.15, 0.2) is 127 Å². The van der Waals surface area contributed by atoms with E-state index in [2.05, 4.69) is 5.18 Å². The van der Waals surface area contributed by atoms with Crippen molar-refractivity contribution in [2.45, 2.75) is 5.41 Å². The highest BCUT2D eigenvalue weighted by Gasteiger charge is 2.52. The smallest absolute Gasteiger partial charge is 0.277 e. The standard InChI is InChI=1S/C35H20N4O4/c40-38-29-11-3-1-7-23(29)21-13-15-31-27(19-21)35(25-9-5-17-36-33(25)34-26(35)10-6-18-37-34)28-20-22(14-16-32(28)43-31)24-8-2-4-12-30(24)39(41)42/h1-20H. The van der Waals surface area contributed by atoms with Gasteiger partial charge >= 0.3 is 0 Å². The molecule has 204 valence electrons. The molecule has 0 unspecified atom stereocenters. The molecular formula is C35H20N4O4. The Morgan fingerprint density at radius 2 is 1.21 bits per heavy atom. The lowest BCUT2D eigenvalue weighted by Gasteiger charge is -2.39. The van der Waals surface area contributed by atoms with E-state index >= 15 is 0 Å². The minimum Gasteiger partial charge on any atom is -0.457 e. The molecule has 0 saturated carbocycles. The Kier molecular flexibility index (Phi) is 5.33. The molecule has 1 aliphatic carbocycles. The molecule has 0 radical (unpaired) electrons. The number of aromatic nitrogens is 2. The summed E-state index contributed by atoms with van der Waals surface area (Å²) in [5.74, 6) is 1.28. The second kappa shape index (κ2) is 9.25. The molecule has 1 spiro atoms. The minimum atomic E-state index is -0.908. The molecule has 0 fully saturated rings. The molecule has 2 aromatic heterocycles. The van der Waals surface area contributed by atoms with Gasteiger partial charge in [-0.3, -0.25) is 20.1 Å². The number of nitro benzene ring substituents is 1. The van der Waals surface area contributed by atoms with Gasteiger partial charge in [0.1, 0.15) is 17.2 Å². The molecule has 8 rings (SSSR count). The van der Waals surface area contributed by atoms with Crippen LogP contribution in [-0.4, -0.2) is 14.9 Å². The predicted molar refractivity (Wildman–Crippen MR) is 162 cm³/mol. The van der Waals surface area contributed by atoms with Gasteiger partial charge in [0.2, 0.25) is 0 Å². The SMILES string of the molecule is O=Nc1ccccc1-c1ccc2c(c1)C1(c3cc(-c4ccccc4[N+](=O)[O-])ccc3O2)c2cccnc2-c2ncccc21. The number of nitroso groups, excluding NO2 is 1. The van der Waals surface area contributed by atoms with Gasteiger partial charge in [-0.15, -0.1) is 4.91 Å². The van der Waals surface area contributed by atoms with Crippen molar-refractivity contribution in [2.24, 2.45) is 5.18 Å². The van der Waals surface area contributed by atoms with E-state index in [1.165, 1.54) is 6.07 Å². The minimum absolute atomic E-state index is 0.0180. The molecule has 4 aromatic carbocycles. The summed E-state index contributed by atoms with van der Waals surface area (Å²) in [6.07, 6.45) is 3.51. The van der Waals surface area contributed by atoms with Crippen molar-refractivity contribution in [1.82, 2.24) is 9.97 Å². The number of nitro groups is 1. The molecule has 0 N–H and O–H groups in total. The first kappa shape index (κ1) is 24.8. The molecule has 0 atom stereocenters. The zero-order valence-corrected chi connectivity index (χ0v) is 22.5. The number of hydrogen-bond acceptors (Lipinski definition) is 7. The summed E-state index contributed by atoms with van der Waals surface area (Å²) in [7, 11) is 0. The summed E-state index contributed by atoms with van der Waals surface area (Å²) in [6, 6.07) is 33.4. The molecule has 1 aliphatic heterocycles. The Labute approximate surface area is 245 Å². The second-order valence-corrected chi connectivity index (χ2v) is 10.5. The third-order valence-corrected chi connectivity index (χ3v) is 8.36. The largest absolute Gasteiger partial charge is 0.457 e. The van der Waals surface area contributed by atoms with Crippen LogP contribution in [0.3, 0.4) is 0 Å². The van der Waals surface area contributed by atoms with Crippen molar-refractivity contribution in [3.05, 3.63) is 159 Å².